The van der Waals surface area contributed by atoms with Crippen molar-refractivity contribution in [1.82, 2.24) is 9.97 Å². The molecule has 0 unspecified atom stereocenters. The number of aromatic amines is 1. The lowest BCUT2D eigenvalue weighted by Crippen LogP contribution is -1.99. The van der Waals surface area contributed by atoms with Gasteiger partial charge in [0.2, 0.25) is 0 Å². The van der Waals surface area contributed by atoms with Gasteiger partial charge in [0.25, 0.3) is 0 Å². The molecule has 1 aromatic heterocycles. The third-order valence-corrected chi connectivity index (χ3v) is 3.74. The molecule has 0 saturated carbocycles. The van der Waals surface area contributed by atoms with Crippen molar-refractivity contribution in [2.45, 2.75) is 33.2 Å². The van der Waals surface area contributed by atoms with Crippen LogP contribution in [-0.2, 0) is 6.54 Å². The summed E-state index contributed by atoms with van der Waals surface area (Å²) in [5.41, 5.74) is 5.87. The van der Waals surface area contributed by atoms with Crippen LogP contribution in [0.1, 0.15) is 36.7 Å². The van der Waals surface area contributed by atoms with Crippen LogP contribution >= 0.6 is 0 Å². The molecular formula is C18H21N3. The lowest BCUT2D eigenvalue weighted by Gasteiger charge is -2.09. The summed E-state index contributed by atoms with van der Waals surface area (Å²) in [5, 5.41) is 3.46. The summed E-state index contributed by atoms with van der Waals surface area (Å²) in [6, 6.07) is 15.0. The van der Waals surface area contributed by atoms with E-state index in [2.05, 4.69) is 65.5 Å². The van der Waals surface area contributed by atoms with Crippen LogP contribution in [0.4, 0.5) is 5.69 Å². The summed E-state index contributed by atoms with van der Waals surface area (Å²) >= 11 is 0. The van der Waals surface area contributed by atoms with Crippen molar-refractivity contribution in [2.24, 2.45) is 0 Å². The van der Waals surface area contributed by atoms with Gasteiger partial charge in [-0.2, -0.15) is 0 Å². The Kier molecular flexibility index (Phi) is 3.65. The van der Waals surface area contributed by atoms with Crippen molar-refractivity contribution in [3.8, 4) is 0 Å². The Hall–Kier alpha value is -2.29. The molecule has 0 atom stereocenters. The maximum Gasteiger partial charge on any atom is 0.104 e. The van der Waals surface area contributed by atoms with Gasteiger partial charge in [-0.25, -0.2) is 4.98 Å². The molecule has 3 nitrogen and oxygen atoms in total. The van der Waals surface area contributed by atoms with Crippen molar-refractivity contribution in [1.29, 1.82) is 0 Å². The summed E-state index contributed by atoms with van der Waals surface area (Å²) in [6.07, 6.45) is 0. The molecule has 3 heteroatoms. The highest BCUT2D eigenvalue weighted by atomic mass is 14.9. The van der Waals surface area contributed by atoms with Crippen LogP contribution in [0.3, 0.4) is 0 Å². The molecule has 0 aliphatic rings. The number of rotatable bonds is 4. The third kappa shape index (κ3) is 3.07. The Morgan fingerprint density at radius 1 is 1.10 bits per heavy atom. The molecule has 0 saturated heterocycles. The topological polar surface area (TPSA) is 40.7 Å². The van der Waals surface area contributed by atoms with Crippen LogP contribution in [0.25, 0.3) is 11.0 Å². The number of fused-ring (bicyclic) bond motifs is 1. The largest absolute Gasteiger partial charge is 0.381 e. The van der Waals surface area contributed by atoms with E-state index in [-0.39, 0.29) is 0 Å². The van der Waals surface area contributed by atoms with Crippen molar-refractivity contribution in [3.05, 3.63) is 59.4 Å². The molecule has 0 fully saturated rings. The monoisotopic (exact) mass is 279 g/mol. The van der Waals surface area contributed by atoms with Crippen LogP contribution in [0, 0.1) is 6.92 Å². The van der Waals surface area contributed by atoms with Crippen molar-refractivity contribution in [2.75, 3.05) is 5.32 Å². The van der Waals surface area contributed by atoms with Crippen molar-refractivity contribution in [3.63, 3.8) is 0 Å². The highest BCUT2D eigenvalue weighted by molar-refractivity contribution is 5.79. The van der Waals surface area contributed by atoms with Crippen LogP contribution in [0.5, 0.6) is 0 Å². The SMILES string of the molecule is Cc1nc2ccc(NCc3ccc(C(C)C)cc3)cc2[nH]1. The fraction of sp³-hybridized carbons (Fsp3) is 0.278. The standard InChI is InChI=1S/C18H21N3/c1-12(2)15-6-4-14(5-7-15)11-19-16-8-9-17-18(10-16)21-13(3)20-17/h4-10,12,19H,11H2,1-3H3,(H,20,21). The molecule has 0 aliphatic carbocycles. The van der Waals surface area contributed by atoms with Crippen molar-refractivity contribution >= 4 is 16.7 Å². The van der Waals surface area contributed by atoms with E-state index in [4.69, 9.17) is 0 Å². The number of hydrogen-bond donors (Lipinski definition) is 2. The number of aromatic nitrogens is 2. The zero-order valence-electron chi connectivity index (χ0n) is 12.8. The highest BCUT2D eigenvalue weighted by Crippen LogP contribution is 2.19. The Morgan fingerprint density at radius 3 is 2.57 bits per heavy atom. The van der Waals surface area contributed by atoms with Gasteiger partial charge in [0.05, 0.1) is 11.0 Å². The predicted octanol–water partition coefficient (Wildman–Crippen LogP) is 4.61. The number of anilines is 1. The molecular weight excluding hydrogens is 258 g/mol. The maximum atomic E-state index is 4.42. The zero-order valence-corrected chi connectivity index (χ0v) is 12.8. The number of benzene rings is 2. The molecule has 0 bridgehead atoms. The minimum absolute atomic E-state index is 0.582. The Balaban J connectivity index is 1.70. The van der Waals surface area contributed by atoms with Gasteiger partial charge in [-0.15, -0.1) is 0 Å². The smallest absolute Gasteiger partial charge is 0.104 e. The van der Waals surface area contributed by atoms with Gasteiger partial charge in [-0.3, -0.25) is 0 Å². The van der Waals surface area contributed by atoms with Gasteiger partial charge in [0, 0.05) is 12.2 Å². The van der Waals surface area contributed by atoms with Gasteiger partial charge in [-0.05, 0) is 42.2 Å². The molecule has 0 spiro atoms. The van der Waals surface area contributed by atoms with E-state index in [0.717, 1.165) is 29.1 Å². The molecule has 2 N–H and O–H groups in total. The maximum absolute atomic E-state index is 4.42. The quantitative estimate of drug-likeness (QED) is 0.732. The van der Waals surface area contributed by atoms with Gasteiger partial charge in [-0.1, -0.05) is 38.1 Å². The van der Waals surface area contributed by atoms with E-state index in [1.165, 1.54) is 11.1 Å². The number of imidazole rings is 1. The lowest BCUT2D eigenvalue weighted by molar-refractivity contribution is 0.865. The van der Waals surface area contributed by atoms with E-state index >= 15 is 0 Å². The van der Waals surface area contributed by atoms with Gasteiger partial charge < -0.3 is 10.3 Å². The first-order valence-electron chi connectivity index (χ1n) is 7.41. The highest BCUT2D eigenvalue weighted by Gasteiger charge is 2.02. The molecule has 108 valence electrons. The fourth-order valence-electron chi connectivity index (χ4n) is 2.47. The first-order chi connectivity index (χ1) is 10.1. The first-order valence-corrected chi connectivity index (χ1v) is 7.41. The molecule has 3 aromatic rings. The second-order valence-electron chi connectivity index (χ2n) is 5.80. The second-order valence-corrected chi connectivity index (χ2v) is 5.80. The first kappa shape index (κ1) is 13.7. The normalized spacial score (nSPS) is 11.2. The summed E-state index contributed by atoms with van der Waals surface area (Å²) < 4.78 is 0. The zero-order chi connectivity index (χ0) is 14.8. The summed E-state index contributed by atoms with van der Waals surface area (Å²) in [4.78, 5) is 7.68. The molecule has 0 amide bonds. The Morgan fingerprint density at radius 2 is 1.86 bits per heavy atom. The van der Waals surface area contributed by atoms with E-state index in [9.17, 15) is 0 Å². The molecule has 2 aromatic carbocycles. The average molecular weight is 279 g/mol. The number of aryl methyl sites for hydroxylation is 1. The molecule has 0 radical (unpaired) electrons. The lowest BCUT2D eigenvalue weighted by atomic mass is 10.0. The number of nitrogens with one attached hydrogen (secondary N) is 2. The molecule has 1 heterocycles. The third-order valence-electron chi connectivity index (χ3n) is 3.74. The van der Waals surface area contributed by atoms with Gasteiger partial charge in [0.15, 0.2) is 0 Å². The van der Waals surface area contributed by atoms with Gasteiger partial charge >= 0.3 is 0 Å². The van der Waals surface area contributed by atoms with Gasteiger partial charge in [0.1, 0.15) is 5.82 Å². The summed E-state index contributed by atoms with van der Waals surface area (Å²) in [6.45, 7) is 7.24. The number of H-pyrrole nitrogens is 1. The Bertz CT molecular complexity index is 739. The minimum Gasteiger partial charge on any atom is -0.381 e. The molecule has 3 rings (SSSR count). The van der Waals surface area contributed by atoms with Crippen LogP contribution in [-0.4, -0.2) is 9.97 Å². The molecule has 21 heavy (non-hydrogen) atoms. The summed E-state index contributed by atoms with van der Waals surface area (Å²) in [7, 11) is 0. The fourth-order valence-corrected chi connectivity index (χ4v) is 2.47. The van der Waals surface area contributed by atoms with Crippen LogP contribution in [0.15, 0.2) is 42.5 Å². The average Bonchev–Trinajstić information content (AvgIpc) is 2.84. The van der Waals surface area contributed by atoms with Crippen LogP contribution in [0.2, 0.25) is 0 Å². The predicted molar refractivity (Wildman–Crippen MR) is 88.7 cm³/mol. The van der Waals surface area contributed by atoms with E-state index in [1.54, 1.807) is 0 Å². The van der Waals surface area contributed by atoms with E-state index < -0.39 is 0 Å². The van der Waals surface area contributed by atoms with Crippen LogP contribution < -0.4 is 5.32 Å². The number of hydrogen-bond acceptors (Lipinski definition) is 2. The van der Waals surface area contributed by atoms with E-state index in [1.807, 2.05) is 13.0 Å². The number of nitrogens with zero attached hydrogens (tertiary/aromatic N) is 1. The molecule has 0 aliphatic heterocycles. The summed E-state index contributed by atoms with van der Waals surface area (Å²) in [5.74, 6) is 1.53. The van der Waals surface area contributed by atoms with E-state index in [0.29, 0.717) is 5.92 Å². The Labute approximate surface area is 125 Å². The minimum atomic E-state index is 0.582. The van der Waals surface area contributed by atoms with Crippen molar-refractivity contribution < 1.29 is 0 Å². The second kappa shape index (κ2) is 5.60.